The van der Waals surface area contributed by atoms with Crippen molar-refractivity contribution in [1.82, 2.24) is 5.32 Å². The van der Waals surface area contributed by atoms with Gasteiger partial charge in [-0.1, -0.05) is 55.3 Å². The Labute approximate surface area is 93.2 Å². The fourth-order valence-electron chi connectivity index (χ4n) is 1.47. The molecule has 82 valence electrons. The van der Waals surface area contributed by atoms with Gasteiger partial charge in [0.25, 0.3) is 0 Å². The lowest BCUT2D eigenvalue weighted by Gasteiger charge is -2.04. The van der Waals surface area contributed by atoms with Crippen molar-refractivity contribution in [1.29, 1.82) is 0 Å². The highest BCUT2D eigenvalue weighted by atomic mass is 14.8. The summed E-state index contributed by atoms with van der Waals surface area (Å²) in [4.78, 5) is 0. The van der Waals surface area contributed by atoms with Crippen LogP contribution in [0.15, 0.2) is 35.9 Å². The summed E-state index contributed by atoms with van der Waals surface area (Å²) in [6, 6.07) is 10.5. The van der Waals surface area contributed by atoms with Gasteiger partial charge in [0.05, 0.1) is 0 Å². The van der Waals surface area contributed by atoms with E-state index in [9.17, 15) is 0 Å². The highest BCUT2D eigenvalue weighted by Crippen LogP contribution is 2.04. The Hall–Kier alpha value is -1.08. The van der Waals surface area contributed by atoms with E-state index in [4.69, 9.17) is 0 Å². The van der Waals surface area contributed by atoms with Crippen molar-refractivity contribution in [2.45, 2.75) is 26.7 Å². The van der Waals surface area contributed by atoms with Crippen LogP contribution in [0.1, 0.15) is 32.3 Å². The molecule has 0 heterocycles. The molecular formula is C14H21N. The minimum Gasteiger partial charge on any atom is -0.313 e. The molecule has 15 heavy (non-hydrogen) atoms. The predicted octanol–water partition coefficient (Wildman–Crippen LogP) is 3.48. The minimum absolute atomic E-state index is 0.995. The summed E-state index contributed by atoms with van der Waals surface area (Å²) in [5, 5.41) is 3.44. The van der Waals surface area contributed by atoms with E-state index in [0.29, 0.717) is 0 Å². The molecule has 0 saturated carbocycles. The summed E-state index contributed by atoms with van der Waals surface area (Å²) in [7, 11) is 0. The molecule has 0 spiro atoms. The van der Waals surface area contributed by atoms with Crippen molar-refractivity contribution in [3.8, 4) is 0 Å². The van der Waals surface area contributed by atoms with E-state index in [1.807, 2.05) is 6.07 Å². The van der Waals surface area contributed by atoms with Crippen LogP contribution in [-0.2, 0) is 0 Å². The fourth-order valence-corrected chi connectivity index (χ4v) is 1.47. The van der Waals surface area contributed by atoms with Crippen LogP contribution in [0.25, 0.3) is 6.08 Å². The quantitative estimate of drug-likeness (QED) is 0.698. The van der Waals surface area contributed by atoms with Crippen LogP contribution in [0.4, 0.5) is 0 Å². The van der Waals surface area contributed by atoms with Gasteiger partial charge >= 0.3 is 0 Å². The maximum atomic E-state index is 3.44. The van der Waals surface area contributed by atoms with Gasteiger partial charge in [-0.3, -0.25) is 0 Å². The molecule has 0 aliphatic heterocycles. The Morgan fingerprint density at radius 3 is 2.67 bits per heavy atom. The molecule has 0 amide bonds. The molecule has 1 nitrogen and oxygen atoms in total. The molecule has 1 N–H and O–H groups in total. The molecule has 0 saturated heterocycles. The lowest BCUT2D eigenvalue weighted by Crippen LogP contribution is -2.17. The van der Waals surface area contributed by atoms with Crippen molar-refractivity contribution in [3.63, 3.8) is 0 Å². The molecule has 1 aromatic carbocycles. The number of hydrogen-bond acceptors (Lipinski definition) is 1. The van der Waals surface area contributed by atoms with Crippen molar-refractivity contribution in [2.75, 3.05) is 13.1 Å². The maximum absolute atomic E-state index is 3.44. The number of benzene rings is 1. The first-order valence-corrected chi connectivity index (χ1v) is 5.76. The van der Waals surface area contributed by atoms with Crippen molar-refractivity contribution in [3.05, 3.63) is 41.5 Å². The number of rotatable bonds is 6. The summed E-state index contributed by atoms with van der Waals surface area (Å²) in [6.07, 6.45) is 4.76. The summed E-state index contributed by atoms with van der Waals surface area (Å²) in [5.74, 6) is 0. The van der Waals surface area contributed by atoms with Crippen LogP contribution >= 0.6 is 0 Å². The molecule has 1 rings (SSSR count). The maximum Gasteiger partial charge on any atom is 0.0165 e. The average Bonchev–Trinajstić information content (AvgIpc) is 2.26. The largest absolute Gasteiger partial charge is 0.313 e. The lowest BCUT2D eigenvalue weighted by molar-refractivity contribution is 0.672. The second-order valence-electron chi connectivity index (χ2n) is 3.93. The normalized spacial score (nSPS) is 11.7. The van der Waals surface area contributed by atoms with E-state index < -0.39 is 0 Å². The smallest absolute Gasteiger partial charge is 0.0165 e. The molecule has 0 aliphatic carbocycles. The van der Waals surface area contributed by atoms with Gasteiger partial charge in [0.2, 0.25) is 0 Å². The first-order valence-electron chi connectivity index (χ1n) is 5.76. The summed E-state index contributed by atoms with van der Waals surface area (Å²) in [5.41, 5.74) is 2.67. The Bertz CT molecular complexity index is 287. The Morgan fingerprint density at radius 2 is 2.00 bits per heavy atom. The second kappa shape index (κ2) is 7.24. The topological polar surface area (TPSA) is 12.0 Å². The monoisotopic (exact) mass is 203 g/mol. The second-order valence-corrected chi connectivity index (χ2v) is 3.93. The highest BCUT2D eigenvalue weighted by Gasteiger charge is 1.90. The molecular weight excluding hydrogens is 182 g/mol. The van der Waals surface area contributed by atoms with Gasteiger partial charge in [-0.2, -0.15) is 0 Å². The first kappa shape index (κ1) is 12.0. The van der Waals surface area contributed by atoms with E-state index in [0.717, 1.165) is 13.1 Å². The summed E-state index contributed by atoms with van der Waals surface area (Å²) < 4.78 is 0. The van der Waals surface area contributed by atoms with Gasteiger partial charge in [0.1, 0.15) is 0 Å². The molecule has 0 bridgehead atoms. The number of hydrogen-bond donors (Lipinski definition) is 1. The van der Waals surface area contributed by atoms with Gasteiger partial charge in [0.15, 0.2) is 0 Å². The van der Waals surface area contributed by atoms with E-state index in [1.165, 1.54) is 24.0 Å². The molecule has 0 radical (unpaired) electrons. The van der Waals surface area contributed by atoms with Crippen molar-refractivity contribution in [2.24, 2.45) is 0 Å². The zero-order valence-electron chi connectivity index (χ0n) is 9.79. The van der Waals surface area contributed by atoms with Gasteiger partial charge in [-0.05, 0) is 25.5 Å². The molecule has 0 atom stereocenters. The Kier molecular flexibility index (Phi) is 5.79. The summed E-state index contributed by atoms with van der Waals surface area (Å²) in [6.45, 7) is 6.51. The van der Waals surface area contributed by atoms with Crippen molar-refractivity contribution < 1.29 is 0 Å². The minimum atomic E-state index is 0.995. The van der Waals surface area contributed by atoms with Crippen LogP contribution in [-0.4, -0.2) is 13.1 Å². The van der Waals surface area contributed by atoms with Crippen LogP contribution in [0.2, 0.25) is 0 Å². The molecule has 0 unspecified atom stereocenters. The Morgan fingerprint density at radius 1 is 1.27 bits per heavy atom. The number of unbranched alkanes of at least 4 members (excludes halogenated alkanes) is 1. The van der Waals surface area contributed by atoms with E-state index >= 15 is 0 Å². The van der Waals surface area contributed by atoms with Crippen molar-refractivity contribution >= 4 is 6.08 Å². The third kappa shape index (κ3) is 5.38. The van der Waals surface area contributed by atoms with Crippen LogP contribution in [0.3, 0.4) is 0 Å². The third-order valence-corrected chi connectivity index (χ3v) is 2.32. The lowest BCUT2D eigenvalue weighted by atomic mass is 10.1. The first-order chi connectivity index (χ1) is 7.33. The van der Waals surface area contributed by atoms with Gasteiger partial charge in [0, 0.05) is 6.54 Å². The standard InChI is InChI=1S/C14H21N/c1-3-4-10-15-12-13(2)11-14-8-6-5-7-9-14/h5-9,11,15H,3-4,10,12H2,1-2H3/b13-11+. The van der Waals surface area contributed by atoms with E-state index in [-0.39, 0.29) is 0 Å². The molecule has 0 fully saturated rings. The molecule has 1 heteroatoms. The average molecular weight is 203 g/mol. The molecule has 0 aliphatic rings. The van der Waals surface area contributed by atoms with Gasteiger partial charge < -0.3 is 5.32 Å². The van der Waals surface area contributed by atoms with Gasteiger partial charge in [-0.25, -0.2) is 0 Å². The fraction of sp³-hybridized carbons (Fsp3) is 0.429. The molecule has 0 aromatic heterocycles. The highest BCUT2D eigenvalue weighted by molar-refractivity contribution is 5.52. The van der Waals surface area contributed by atoms with E-state index in [1.54, 1.807) is 0 Å². The van der Waals surface area contributed by atoms with Crippen LogP contribution in [0, 0.1) is 0 Å². The van der Waals surface area contributed by atoms with E-state index in [2.05, 4.69) is 49.5 Å². The zero-order chi connectivity index (χ0) is 10.9. The van der Waals surface area contributed by atoms with Crippen LogP contribution in [0.5, 0.6) is 0 Å². The number of nitrogens with one attached hydrogen (secondary N) is 1. The zero-order valence-corrected chi connectivity index (χ0v) is 9.79. The molecule has 1 aromatic rings. The Balaban J connectivity index is 2.33. The third-order valence-electron chi connectivity index (χ3n) is 2.32. The SMILES string of the molecule is CCCCNC/C(C)=C/c1ccccc1. The summed E-state index contributed by atoms with van der Waals surface area (Å²) >= 11 is 0. The van der Waals surface area contributed by atoms with Gasteiger partial charge in [-0.15, -0.1) is 0 Å². The van der Waals surface area contributed by atoms with Crippen LogP contribution < -0.4 is 5.32 Å². The predicted molar refractivity (Wildman–Crippen MR) is 67.9 cm³/mol.